The molecular formula is C19H20N2O2. The minimum atomic E-state index is -0.0245. The van der Waals surface area contributed by atoms with Crippen molar-refractivity contribution in [2.45, 2.75) is 25.3 Å². The summed E-state index contributed by atoms with van der Waals surface area (Å²) in [4.78, 5) is 15.1. The van der Waals surface area contributed by atoms with Crippen LogP contribution in [0.2, 0.25) is 0 Å². The summed E-state index contributed by atoms with van der Waals surface area (Å²) in [6, 6.07) is 5.68. The molecule has 0 aliphatic carbocycles. The number of hydrogen-bond donors (Lipinski definition) is 1. The third kappa shape index (κ3) is 2.73. The number of piperidine rings is 1. The SMILES string of the molecule is C#Cc1coc2ccc(C(=O)N[C@@H]3CC4CCN(CC4)C3)cc12. The van der Waals surface area contributed by atoms with Crippen molar-refractivity contribution in [3.63, 3.8) is 0 Å². The molecule has 3 aliphatic heterocycles. The van der Waals surface area contributed by atoms with Gasteiger partial charge in [-0.3, -0.25) is 4.79 Å². The lowest BCUT2D eigenvalue weighted by molar-refractivity contribution is 0.0929. The maximum atomic E-state index is 12.6. The molecule has 2 bridgehead atoms. The molecule has 1 aromatic carbocycles. The van der Waals surface area contributed by atoms with Crippen LogP contribution in [0, 0.1) is 18.3 Å². The average Bonchev–Trinajstić information content (AvgIpc) is 2.76. The predicted octanol–water partition coefficient (Wildman–Crippen LogP) is 2.63. The molecule has 0 radical (unpaired) electrons. The van der Waals surface area contributed by atoms with E-state index >= 15 is 0 Å². The van der Waals surface area contributed by atoms with Gasteiger partial charge in [-0.05, 0) is 56.5 Å². The third-order valence-electron chi connectivity index (χ3n) is 5.13. The number of carbonyl (C=O) groups excluding carboxylic acids is 1. The lowest BCUT2D eigenvalue weighted by atomic mass is 9.94. The number of furan rings is 1. The molecule has 1 amide bonds. The zero-order valence-corrected chi connectivity index (χ0v) is 13.0. The Hall–Kier alpha value is -2.25. The van der Waals surface area contributed by atoms with Gasteiger partial charge in [0.1, 0.15) is 11.8 Å². The van der Waals surface area contributed by atoms with Gasteiger partial charge in [0.05, 0.1) is 5.56 Å². The molecular weight excluding hydrogens is 288 g/mol. The Morgan fingerprint density at radius 3 is 2.96 bits per heavy atom. The van der Waals surface area contributed by atoms with Gasteiger partial charge in [0.15, 0.2) is 0 Å². The van der Waals surface area contributed by atoms with Crippen LogP contribution >= 0.6 is 0 Å². The van der Waals surface area contributed by atoms with E-state index in [4.69, 9.17) is 10.8 Å². The Kier molecular flexibility index (Phi) is 3.59. The predicted molar refractivity (Wildman–Crippen MR) is 89.2 cm³/mol. The number of carbonyl (C=O) groups is 1. The van der Waals surface area contributed by atoms with Crippen molar-refractivity contribution in [2.75, 3.05) is 19.6 Å². The van der Waals surface area contributed by atoms with E-state index in [0.717, 1.165) is 24.3 Å². The number of hydrogen-bond acceptors (Lipinski definition) is 3. The smallest absolute Gasteiger partial charge is 0.251 e. The van der Waals surface area contributed by atoms with E-state index in [1.807, 2.05) is 12.1 Å². The first kappa shape index (κ1) is 14.3. The summed E-state index contributed by atoms with van der Waals surface area (Å²) in [5.41, 5.74) is 2.04. The lowest BCUT2D eigenvalue weighted by Crippen LogP contribution is -2.41. The van der Waals surface area contributed by atoms with Crippen LogP contribution in [0.25, 0.3) is 11.0 Å². The van der Waals surface area contributed by atoms with Crippen molar-refractivity contribution in [3.05, 3.63) is 35.6 Å². The number of fused-ring (bicyclic) bond motifs is 5. The van der Waals surface area contributed by atoms with Crippen molar-refractivity contribution in [2.24, 2.45) is 5.92 Å². The highest BCUT2D eigenvalue weighted by atomic mass is 16.3. The molecule has 5 rings (SSSR count). The minimum absolute atomic E-state index is 0.0245. The topological polar surface area (TPSA) is 45.5 Å². The molecule has 2 aromatic rings. The maximum Gasteiger partial charge on any atom is 0.251 e. The highest BCUT2D eigenvalue weighted by molar-refractivity contribution is 5.99. The van der Waals surface area contributed by atoms with E-state index in [2.05, 4.69) is 16.1 Å². The Morgan fingerprint density at radius 2 is 2.17 bits per heavy atom. The van der Waals surface area contributed by atoms with Gasteiger partial charge >= 0.3 is 0 Å². The van der Waals surface area contributed by atoms with Crippen LogP contribution in [0.4, 0.5) is 0 Å². The molecule has 4 nitrogen and oxygen atoms in total. The molecule has 4 heteroatoms. The van der Waals surface area contributed by atoms with Gasteiger partial charge < -0.3 is 14.6 Å². The van der Waals surface area contributed by atoms with Crippen molar-refractivity contribution in [1.82, 2.24) is 10.2 Å². The zero-order valence-electron chi connectivity index (χ0n) is 13.0. The molecule has 1 N–H and O–H groups in total. The summed E-state index contributed by atoms with van der Waals surface area (Å²) in [5, 5.41) is 4.03. The molecule has 23 heavy (non-hydrogen) atoms. The molecule has 3 saturated heterocycles. The van der Waals surface area contributed by atoms with Gasteiger partial charge in [-0.15, -0.1) is 6.42 Å². The molecule has 1 atom stereocenters. The number of amides is 1. The molecule has 4 heterocycles. The van der Waals surface area contributed by atoms with E-state index in [1.54, 1.807) is 12.3 Å². The number of nitrogens with zero attached hydrogens (tertiary/aromatic N) is 1. The minimum Gasteiger partial charge on any atom is -0.463 e. The molecule has 3 fully saturated rings. The fourth-order valence-electron chi connectivity index (χ4n) is 3.85. The second kappa shape index (κ2) is 5.75. The number of terminal acetylenes is 1. The van der Waals surface area contributed by atoms with Crippen LogP contribution in [0.3, 0.4) is 0 Å². The largest absolute Gasteiger partial charge is 0.463 e. The number of benzene rings is 1. The average molecular weight is 308 g/mol. The Balaban J connectivity index is 1.54. The first-order valence-corrected chi connectivity index (χ1v) is 8.24. The molecule has 0 unspecified atom stereocenters. The summed E-state index contributed by atoms with van der Waals surface area (Å²) in [5.74, 6) is 3.32. The van der Waals surface area contributed by atoms with Gasteiger partial charge in [-0.1, -0.05) is 5.92 Å². The van der Waals surface area contributed by atoms with Gasteiger partial charge in [-0.25, -0.2) is 0 Å². The third-order valence-corrected chi connectivity index (χ3v) is 5.13. The van der Waals surface area contributed by atoms with Crippen LogP contribution in [0.5, 0.6) is 0 Å². The maximum absolute atomic E-state index is 12.6. The van der Waals surface area contributed by atoms with Gasteiger partial charge in [0.2, 0.25) is 0 Å². The normalized spacial score (nSPS) is 26.7. The Labute approximate surface area is 135 Å². The second-order valence-electron chi connectivity index (χ2n) is 6.65. The van der Waals surface area contributed by atoms with E-state index in [9.17, 15) is 4.79 Å². The molecule has 1 aromatic heterocycles. The van der Waals surface area contributed by atoms with E-state index in [-0.39, 0.29) is 11.9 Å². The van der Waals surface area contributed by atoms with Crippen LogP contribution in [0.1, 0.15) is 35.2 Å². The summed E-state index contributed by atoms with van der Waals surface area (Å²) >= 11 is 0. The van der Waals surface area contributed by atoms with Crippen LogP contribution in [-0.4, -0.2) is 36.5 Å². The highest BCUT2D eigenvalue weighted by Crippen LogP contribution is 2.27. The van der Waals surface area contributed by atoms with Crippen molar-refractivity contribution in [3.8, 4) is 12.3 Å². The van der Waals surface area contributed by atoms with Crippen molar-refractivity contribution < 1.29 is 9.21 Å². The van der Waals surface area contributed by atoms with Crippen LogP contribution in [0.15, 0.2) is 28.9 Å². The summed E-state index contributed by atoms with van der Waals surface area (Å²) in [6.07, 6.45) is 10.6. The van der Waals surface area contributed by atoms with E-state index in [0.29, 0.717) is 16.7 Å². The number of rotatable bonds is 2. The monoisotopic (exact) mass is 308 g/mol. The van der Waals surface area contributed by atoms with Gasteiger partial charge in [0.25, 0.3) is 5.91 Å². The van der Waals surface area contributed by atoms with Crippen molar-refractivity contribution in [1.29, 1.82) is 0 Å². The number of nitrogens with one attached hydrogen (secondary N) is 1. The first-order valence-electron chi connectivity index (χ1n) is 8.24. The molecule has 0 spiro atoms. The van der Waals surface area contributed by atoms with E-state index in [1.165, 1.54) is 25.9 Å². The Bertz CT molecular complexity index is 764. The van der Waals surface area contributed by atoms with Gasteiger partial charge in [0, 0.05) is 23.5 Å². The summed E-state index contributed by atoms with van der Waals surface area (Å²) in [7, 11) is 0. The van der Waals surface area contributed by atoms with E-state index < -0.39 is 0 Å². The zero-order chi connectivity index (χ0) is 15.8. The van der Waals surface area contributed by atoms with Gasteiger partial charge in [-0.2, -0.15) is 0 Å². The summed E-state index contributed by atoms with van der Waals surface area (Å²) in [6.45, 7) is 3.30. The summed E-state index contributed by atoms with van der Waals surface area (Å²) < 4.78 is 5.40. The quantitative estimate of drug-likeness (QED) is 0.868. The Morgan fingerprint density at radius 1 is 1.35 bits per heavy atom. The molecule has 3 aliphatic rings. The first-order chi connectivity index (χ1) is 11.2. The standard InChI is InChI=1S/C19H20N2O2/c1-2-14-12-23-18-4-3-15(10-17(14)18)19(22)20-16-9-13-5-7-21(11-16)8-6-13/h1,3-4,10,12-13,16H,5-9,11H2,(H,20,22)/t16-/m1/s1. The molecule has 0 saturated carbocycles. The molecule has 118 valence electrons. The van der Waals surface area contributed by atoms with Crippen LogP contribution < -0.4 is 5.32 Å². The van der Waals surface area contributed by atoms with Crippen molar-refractivity contribution >= 4 is 16.9 Å². The highest BCUT2D eigenvalue weighted by Gasteiger charge is 2.29. The lowest BCUT2D eigenvalue weighted by Gasteiger charge is -2.26. The van der Waals surface area contributed by atoms with Crippen LogP contribution in [-0.2, 0) is 0 Å². The fourth-order valence-corrected chi connectivity index (χ4v) is 3.85. The second-order valence-corrected chi connectivity index (χ2v) is 6.65. The fraction of sp³-hybridized carbons (Fsp3) is 0.421.